The van der Waals surface area contributed by atoms with Crippen LogP contribution >= 0.6 is 11.8 Å². The van der Waals surface area contributed by atoms with Crippen LogP contribution in [0.25, 0.3) is 0 Å². The van der Waals surface area contributed by atoms with Gasteiger partial charge in [-0.05, 0) is 19.3 Å². The lowest BCUT2D eigenvalue weighted by atomic mass is 9.86. The number of thioether (sulfide) groups is 1. The summed E-state index contributed by atoms with van der Waals surface area (Å²) in [6.07, 6.45) is 8.87. The average molecular weight is 241 g/mol. The number of rotatable bonds is 6. The summed E-state index contributed by atoms with van der Waals surface area (Å²) >= 11 is 1.73. The molecule has 0 aromatic rings. The molecule has 3 nitrogen and oxygen atoms in total. The Morgan fingerprint density at radius 1 is 1.56 bits per heavy atom. The largest absolute Gasteiger partial charge is 0.481 e. The van der Waals surface area contributed by atoms with E-state index in [2.05, 4.69) is 11.2 Å². The van der Waals surface area contributed by atoms with Gasteiger partial charge in [0.2, 0.25) is 0 Å². The molecule has 0 aromatic carbocycles. The highest BCUT2D eigenvalue weighted by Gasteiger charge is 2.26. The van der Waals surface area contributed by atoms with E-state index in [1.165, 1.54) is 0 Å². The summed E-state index contributed by atoms with van der Waals surface area (Å²) < 4.78 is 0. The monoisotopic (exact) mass is 241 g/mol. The maximum atomic E-state index is 10.9. The fourth-order valence-corrected chi connectivity index (χ4v) is 2.59. The molecule has 16 heavy (non-hydrogen) atoms. The molecule has 0 heterocycles. The standard InChI is InChI=1S/C12H19NO2S/c1-2-7-16-8-6-13-11-5-3-4-10(9-11)12(14)15/h1,10-11,13H,3-9H2,(H,14,15). The molecule has 4 heteroatoms. The van der Waals surface area contributed by atoms with E-state index < -0.39 is 5.97 Å². The summed E-state index contributed by atoms with van der Waals surface area (Å²) in [7, 11) is 0. The van der Waals surface area contributed by atoms with E-state index in [9.17, 15) is 4.79 Å². The maximum absolute atomic E-state index is 10.9. The Hall–Kier alpha value is -0.660. The van der Waals surface area contributed by atoms with Crippen molar-refractivity contribution in [2.24, 2.45) is 5.92 Å². The van der Waals surface area contributed by atoms with Gasteiger partial charge in [-0.25, -0.2) is 0 Å². The van der Waals surface area contributed by atoms with E-state index in [4.69, 9.17) is 11.5 Å². The molecule has 0 radical (unpaired) electrons. The Bertz CT molecular complexity index is 262. The van der Waals surface area contributed by atoms with Gasteiger partial charge in [-0.3, -0.25) is 4.79 Å². The van der Waals surface area contributed by atoms with Crippen LogP contribution in [-0.4, -0.2) is 35.2 Å². The van der Waals surface area contributed by atoms with Crippen LogP contribution in [0.15, 0.2) is 0 Å². The lowest BCUT2D eigenvalue weighted by Gasteiger charge is -2.27. The van der Waals surface area contributed by atoms with Crippen molar-refractivity contribution in [1.29, 1.82) is 0 Å². The van der Waals surface area contributed by atoms with E-state index in [1.807, 2.05) is 0 Å². The zero-order valence-electron chi connectivity index (χ0n) is 9.45. The van der Waals surface area contributed by atoms with E-state index in [1.54, 1.807) is 11.8 Å². The molecule has 2 unspecified atom stereocenters. The van der Waals surface area contributed by atoms with Crippen LogP contribution < -0.4 is 5.32 Å². The van der Waals surface area contributed by atoms with Gasteiger partial charge in [-0.1, -0.05) is 12.3 Å². The van der Waals surface area contributed by atoms with Gasteiger partial charge in [0.25, 0.3) is 0 Å². The van der Waals surface area contributed by atoms with Gasteiger partial charge < -0.3 is 10.4 Å². The van der Waals surface area contributed by atoms with Crippen LogP contribution in [0.3, 0.4) is 0 Å². The first-order valence-corrected chi connectivity index (χ1v) is 6.87. The summed E-state index contributed by atoms with van der Waals surface area (Å²) in [6.45, 7) is 0.920. The van der Waals surface area contributed by atoms with E-state index in [-0.39, 0.29) is 5.92 Å². The lowest BCUT2D eigenvalue weighted by molar-refractivity contribution is -0.143. The number of terminal acetylenes is 1. The van der Waals surface area contributed by atoms with Gasteiger partial charge in [0.1, 0.15) is 0 Å². The minimum atomic E-state index is -0.645. The number of nitrogens with one attached hydrogen (secondary N) is 1. The quantitative estimate of drug-likeness (QED) is 0.547. The van der Waals surface area contributed by atoms with Crippen molar-refractivity contribution in [1.82, 2.24) is 5.32 Å². The topological polar surface area (TPSA) is 49.3 Å². The lowest BCUT2D eigenvalue weighted by Crippen LogP contribution is -2.37. The Labute approximate surface area is 101 Å². The first-order valence-electron chi connectivity index (χ1n) is 5.71. The highest BCUT2D eigenvalue weighted by molar-refractivity contribution is 7.99. The smallest absolute Gasteiger partial charge is 0.306 e. The Balaban J connectivity index is 2.12. The molecule has 1 aliphatic carbocycles. The molecule has 1 saturated carbocycles. The van der Waals surface area contributed by atoms with Crippen LogP contribution in [-0.2, 0) is 4.79 Å². The SMILES string of the molecule is C#CCSCCNC1CCCC(C(=O)O)C1. The molecule has 0 spiro atoms. The van der Waals surface area contributed by atoms with Gasteiger partial charge in [-0.15, -0.1) is 18.2 Å². The fourth-order valence-electron chi connectivity index (χ4n) is 2.07. The zero-order valence-corrected chi connectivity index (χ0v) is 10.3. The van der Waals surface area contributed by atoms with Gasteiger partial charge >= 0.3 is 5.97 Å². The van der Waals surface area contributed by atoms with E-state index >= 15 is 0 Å². The molecule has 0 aromatic heterocycles. The molecule has 0 bridgehead atoms. The summed E-state index contributed by atoms with van der Waals surface area (Å²) in [4.78, 5) is 10.9. The van der Waals surface area contributed by atoms with Crippen molar-refractivity contribution < 1.29 is 9.90 Å². The molecule has 1 fully saturated rings. The zero-order chi connectivity index (χ0) is 11.8. The Morgan fingerprint density at radius 2 is 2.38 bits per heavy atom. The number of hydrogen-bond donors (Lipinski definition) is 2. The van der Waals surface area contributed by atoms with Crippen molar-refractivity contribution in [3.05, 3.63) is 0 Å². The van der Waals surface area contributed by atoms with Crippen molar-refractivity contribution in [3.8, 4) is 12.3 Å². The number of carbonyl (C=O) groups is 1. The second kappa shape index (κ2) is 7.59. The number of hydrogen-bond acceptors (Lipinski definition) is 3. The van der Waals surface area contributed by atoms with Crippen LogP contribution in [0.2, 0.25) is 0 Å². The molecule has 0 saturated heterocycles. The van der Waals surface area contributed by atoms with E-state index in [0.29, 0.717) is 6.04 Å². The van der Waals surface area contributed by atoms with Crippen molar-refractivity contribution in [3.63, 3.8) is 0 Å². The van der Waals surface area contributed by atoms with Gasteiger partial charge in [0.15, 0.2) is 0 Å². The Kier molecular flexibility index (Phi) is 6.36. The van der Waals surface area contributed by atoms with Crippen LogP contribution in [0.4, 0.5) is 0 Å². The van der Waals surface area contributed by atoms with Crippen LogP contribution in [0, 0.1) is 18.3 Å². The predicted molar refractivity (Wildman–Crippen MR) is 67.5 cm³/mol. The normalized spacial score (nSPS) is 24.9. The fraction of sp³-hybridized carbons (Fsp3) is 0.750. The van der Waals surface area contributed by atoms with Crippen molar-refractivity contribution >= 4 is 17.7 Å². The summed E-state index contributed by atoms with van der Waals surface area (Å²) in [5.41, 5.74) is 0. The van der Waals surface area contributed by atoms with Crippen molar-refractivity contribution in [2.45, 2.75) is 31.7 Å². The van der Waals surface area contributed by atoms with E-state index in [0.717, 1.165) is 43.7 Å². The molecule has 0 amide bonds. The van der Waals surface area contributed by atoms with Crippen LogP contribution in [0.1, 0.15) is 25.7 Å². The summed E-state index contributed by atoms with van der Waals surface area (Å²) in [5, 5.41) is 12.4. The second-order valence-corrected chi connectivity index (χ2v) is 5.21. The molecule has 90 valence electrons. The summed E-state index contributed by atoms with van der Waals surface area (Å²) in [5.74, 6) is 3.54. The summed E-state index contributed by atoms with van der Waals surface area (Å²) in [6, 6.07) is 0.376. The van der Waals surface area contributed by atoms with Crippen LogP contribution in [0.5, 0.6) is 0 Å². The minimum absolute atomic E-state index is 0.149. The molecular formula is C12H19NO2S. The Morgan fingerprint density at radius 3 is 3.06 bits per heavy atom. The minimum Gasteiger partial charge on any atom is -0.481 e. The average Bonchev–Trinajstić information content (AvgIpc) is 2.29. The maximum Gasteiger partial charge on any atom is 0.306 e. The van der Waals surface area contributed by atoms with Crippen molar-refractivity contribution in [2.75, 3.05) is 18.1 Å². The highest BCUT2D eigenvalue weighted by Crippen LogP contribution is 2.24. The molecule has 2 atom stereocenters. The molecular weight excluding hydrogens is 222 g/mol. The third kappa shape index (κ3) is 4.91. The van der Waals surface area contributed by atoms with Gasteiger partial charge in [0.05, 0.1) is 11.7 Å². The number of aliphatic carboxylic acids is 1. The number of carboxylic acid groups (broad SMARTS) is 1. The molecule has 1 rings (SSSR count). The molecule has 0 aliphatic heterocycles. The second-order valence-electron chi connectivity index (χ2n) is 4.11. The molecule has 2 N–H and O–H groups in total. The highest BCUT2D eigenvalue weighted by atomic mass is 32.2. The number of carboxylic acids is 1. The van der Waals surface area contributed by atoms with Gasteiger partial charge in [0, 0.05) is 18.3 Å². The third-order valence-corrected chi connectivity index (χ3v) is 3.75. The first-order chi connectivity index (χ1) is 7.74. The third-order valence-electron chi connectivity index (χ3n) is 2.89. The predicted octanol–water partition coefficient (Wildman–Crippen LogP) is 1.59. The molecule has 1 aliphatic rings. The first kappa shape index (κ1) is 13.4. The van der Waals surface area contributed by atoms with Gasteiger partial charge in [-0.2, -0.15) is 0 Å².